The van der Waals surface area contributed by atoms with Crippen LogP contribution >= 0.6 is 0 Å². The van der Waals surface area contributed by atoms with Gasteiger partial charge < -0.3 is 20.1 Å². The summed E-state index contributed by atoms with van der Waals surface area (Å²) in [5.41, 5.74) is 2.16. The van der Waals surface area contributed by atoms with Gasteiger partial charge in [-0.3, -0.25) is 0 Å². The van der Waals surface area contributed by atoms with Gasteiger partial charge in [0.05, 0.1) is 24.7 Å². The monoisotopic (exact) mass is 391 g/mol. The second-order valence-corrected chi connectivity index (χ2v) is 7.81. The predicted octanol–water partition coefficient (Wildman–Crippen LogP) is 2.30. The second kappa shape index (κ2) is 7.45. The summed E-state index contributed by atoms with van der Waals surface area (Å²) in [6.45, 7) is 2.38. The molecule has 0 aliphatic carbocycles. The normalized spacial score (nSPS) is 16.0. The number of carbonyl (C=O) groups is 1. The fourth-order valence-electron chi connectivity index (χ4n) is 2.99. The van der Waals surface area contributed by atoms with Crippen LogP contribution in [0.2, 0.25) is 0 Å². The van der Waals surface area contributed by atoms with Crippen molar-refractivity contribution >= 4 is 21.7 Å². The molecule has 1 aliphatic heterocycles. The SMILES string of the molecule is COc1cc(C)cc2c1OCCC2NC(=O)Nc1cccc(S(N)(=O)=O)c1. The minimum Gasteiger partial charge on any atom is -0.493 e. The Balaban J connectivity index is 1.78. The number of rotatable bonds is 4. The van der Waals surface area contributed by atoms with E-state index in [1.807, 2.05) is 19.1 Å². The van der Waals surface area contributed by atoms with Crippen molar-refractivity contribution in [1.29, 1.82) is 0 Å². The van der Waals surface area contributed by atoms with Crippen LogP contribution in [0.1, 0.15) is 23.6 Å². The third-order valence-electron chi connectivity index (χ3n) is 4.20. The molecule has 0 saturated heterocycles. The average molecular weight is 391 g/mol. The van der Waals surface area contributed by atoms with Crippen LogP contribution < -0.4 is 25.2 Å². The molecule has 2 amide bonds. The lowest BCUT2D eigenvalue weighted by Gasteiger charge is -2.28. The summed E-state index contributed by atoms with van der Waals surface area (Å²) in [5, 5.41) is 10.6. The molecule has 1 atom stereocenters. The van der Waals surface area contributed by atoms with E-state index in [9.17, 15) is 13.2 Å². The van der Waals surface area contributed by atoms with E-state index < -0.39 is 16.1 Å². The van der Waals surface area contributed by atoms with Gasteiger partial charge in [0.2, 0.25) is 10.0 Å². The van der Waals surface area contributed by atoms with Crippen LogP contribution in [0.15, 0.2) is 41.3 Å². The van der Waals surface area contributed by atoms with E-state index in [-0.39, 0.29) is 10.9 Å². The molecule has 0 bridgehead atoms. The Morgan fingerprint density at radius 3 is 2.78 bits per heavy atom. The van der Waals surface area contributed by atoms with Gasteiger partial charge in [-0.15, -0.1) is 0 Å². The number of hydrogen-bond donors (Lipinski definition) is 3. The van der Waals surface area contributed by atoms with Gasteiger partial charge in [-0.05, 0) is 36.8 Å². The lowest BCUT2D eigenvalue weighted by Crippen LogP contribution is -2.35. The van der Waals surface area contributed by atoms with Crippen molar-refractivity contribution in [1.82, 2.24) is 5.32 Å². The second-order valence-electron chi connectivity index (χ2n) is 6.25. The molecule has 3 rings (SSSR count). The van der Waals surface area contributed by atoms with Crippen molar-refractivity contribution in [2.75, 3.05) is 19.0 Å². The Bertz CT molecular complexity index is 975. The summed E-state index contributed by atoms with van der Waals surface area (Å²) < 4.78 is 34.0. The number of anilines is 1. The summed E-state index contributed by atoms with van der Waals surface area (Å²) in [7, 11) is -2.27. The molecule has 0 radical (unpaired) electrons. The summed E-state index contributed by atoms with van der Waals surface area (Å²) in [6.07, 6.45) is 0.601. The molecule has 0 spiro atoms. The van der Waals surface area contributed by atoms with E-state index in [0.717, 1.165) is 11.1 Å². The number of ether oxygens (including phenoxy) is 2. The third kappa shape index (κ3) is 4.32. The summed E-state index contributed by atoms with van der Waals surface area (Å²) >= 11 is 0. The van der Waals surface area contributed by atoms with Crippen molar-refractivity contribution in [3.05, 3.63) is 47.5 Å². The molecule has 9 heteroatoms. The average Bonchev–Trinajstić information content (AvgIpc) is 2.61. The zero-order valence-electron chi connectivity index (χ0n) is 15.0. The smallest absolute Gasteiger partial charge is 0.319 e. The molecular weight excluding hydrogens is 370 g/mol. The van der Waals surface area contributed by atoms with Crippen molar-refractivity contribution in [2.24, 2.45) is 5.14 Å². The number of urea groups is 1. The Morgan fingerprint density at radius 1 is 1.30 bits per heavy atom. The number of nitrogens with one attached hydrogen (secondary N) is 2. The van der Waals surface area contributed by atoms with Crippen molar-refractivity contribution < 1.29 is 22.7 Å². The van der Waals surface area contributed by atoms with Crippen LogP contribution in [-0.2, 0) is 10.0 Å². The minimum atomic E-state index is -3.84. The number of hydrogen-bond acceptors (Lipinski definition) is 5. The molecule has 8 nitrogen and oxygen atoms in total. The molecule has 2 aromatic carbocycles. The molecule has 0 saturated carbocycles. The summed E-state index contributed by atoms with van der Waals surface area (Å²) in [6, 6.07) is 8.86. The fraction of sp³-hybridized carbons (Fsp3) is 0.278. The van der Waals surface area contributed by atoms with Crippen LogP contribution in [0, 0.1) is 6.92 Å². The molecule has 144 valence electrons. The Hall–Kier alpha value is -2.78. The van der Waals surface area contributed by atoms with Gasteiger partial charge in [-0.25, -0.2) is 18.4 Å². The first-order valence-electron chi connectivity index (χ1n) is 8.29. The van der Waals surface area contributed by atoms with E-state index in [1.165, 1.54) is 18.2 Å². The molecule has 1 unspecified atom stereocenters. The van der Waals surface area contributed by atoms with Gasteiger partial charge in [0, 0.05) is 17.7 Å². The third-order valence-corrected chi connectivity index (χ3v) is 5.11. The lowest BCUT2D eigenvalue weighted by molar-refractivity contribution is 0.226. The largest absolute Gasteiger partial charge is 0.493 e. The molecule has 2 aromatic rings. The number of benzene rings is 2. The van der Waals surface area contributed by atoms with E-state index in [1.54, 1.807) is 13.2 Å². The quantitative estimate of drug-likeness (QED) is 0.739. The zero-order valence-corrected chi connectivity index (χ0v) is 15.8. The molecule has 1 heterocycles. The topological polar surface area (TPSA) is 120 Å². The van der Waals surface area contributed by atoms with Gasteiger partial charge in [-0.1, -0.05) is 12.1 Å². The fourth-order valence-corrected chi connectivity index (χ4v) is 3.55. The minimum absolute atomic E-state index is 0.0722. The highest BCUT2D eigenvalue weighted by molar-refractivity contribution is 7.89. The summed E-state index contributed by atoms with van der Waals surface area (Å²) in [4.78, 5) is 12.3. The first kappa shape index (κ1) is 19.0. The van der Waals surface area contributed by atoms with E-state index in [4.69, 9.17) is 14.6 Å². The van der Waals surface area contributed by atoms with Crippen molar-refractivity contribution in [2.45, 2.75) is 24.3 Å². The van der Waals surface area contributed by atoms with Gasteiger partial charge >= 0.3 is 6.03 Å². The van der Waals surface area contributed by atoms with Gasteiger partial charge in [0.25, 0.3) is 0 Å². The number of aryl methyl sites for hydroxylation is 1. The van der Waals surface area contributed by atoms with Crippen LogP contribution in [0.25, 0.3) is 0 Å². The van der Waals surface area contributed by atoms with E-state index in [0.29, 0.717) is 30.2 Å². The van der Waals surface area contributed by atoms with Crippen LogP contribution in [-0.4, -0.2) is 28.2 Å². The zero-order chi connectivity index (χ0) is 19.6. The van der Waals surface area contributed by atoms with E-state index >= 15 is 0 Å². The standard InChI is InChI=1S/C18H21N3O5S/c1-11-8-14-15(6-7-26-17(14)16(9-11)25-2)21-18(22)20-12-4-3-5-13(10-12)27(19,23)24/h3-5,8-10,15H,6-7H2,1-2H3,(H2,19,23,24)(H2,20,21,22). The predicted molar refractivity (Wildman–Crippen MR) is 101 cm³/mol. The number of carbonyl (C=O) groups excluding carboxylic acids is 1. The van der Waals surface area contributed by atoms with Gasteiger partial charge in [0.1, 0.15) is 0 Å². The number of methoxy groups -OCH3 is 1. The molecule has 0 fully saturated rings. The van der Waals surface area contributed by atoms with Gasteiger partial charge in [0.15, 0.2) is 11.5 Å². The first-order valence-corrected chi connectivity index (χ1v) is 9.84. The highest BCUT2D eigenvalue weighted by atomic mass is 32.2. The highest BCUT2D eigenvalue weighted by Gasteiger charge is 2.26. The van der Waals surface area contributed by atoms with Gasteiger partial charge in [-0.2, -0.15) is 0 Å². The molecular formula is C18H21N3O5S. The Kier molecular flexibility index (Phi) is 5.24. The first-order chi connectivity index (χ1) is 12.8. The molecule has 1 aliphatic rings. The number of primary sulfonamides is 1. The van der Waals surface area contributed by atoms with E-state index in [2.05, 4.69) is 10.6 Å². The van der Waals surface area contributed by atoms with Crippen molar-refractivity contribution in [3.63, 3.8) is 0 Å². The Labute approximate surface area is 157 Å². The molecule has 0 aromatic heterocycles. The number of fused-ring (bicyclic) bond motifs is 1. The Morgan fingerprint density at radius 2 is 2.07 bits per heavy atom. The molecule has 27 heavy (non-hydrogen) atoms. The maximum absolute atomic E-state index is 12.4. The highest BCUT2D eigenvalue weighted by Crippen LogP contribution is 2.40. The van der Waals surface area contributed by atoms with Crippen LogP contribution in [0.5, 0.6) is 11.5 Å². The van der Waals surface area contributed by atoms with Crippen LogP contribution in [0.4, 0.5) is 10.5 Å². The molecule has 4 N–H and O–H groups in total. The number of nitrogens with two attached hydrogens (primary N) is 1. The summed E-state index contributed by atoms with van der Waals surface area (Å²) in [5.74, 6) is 1.24. The van der Waals surface area contributed by atoms with Crippen molar-refractivity contribution in [3.8, 4) is 11.5 Å². The lowest BCUT2D eigenvalue weighted by atomic mass is 9.98. The number of sulfonamides is 1. The maximum Gasteiger partial charge on any atom is 0.319 e. The number of amides is 2. The maximum atomic E-state index is 12.4. The van der Waals surface area contributed by atoms with Crippen LogP contribution in [0.3, 0.4) is 0 Å².